The van der Waals surface area contributed by atoms with Crippen molar-refractivity contribution in [2.45, 2.75) is 45.2 Å². The van der Waals surface area contributed by atoms with Gasteiger partial charge in [0, 0.05) is 56.9 Å². The van der Waals surface area contributed by atoms with Gasteiger partial charge in [0.1, 0.15) is 0 Å². The van der Waals surface area contributed by atoms with E-state index in [1.807, 2.05) is 80.2 Å². The molecule has 6 heteroatoms. The lowest BCUT2D eigenvalue weighted by molar-refractivity contribution is 0.0950. The number of piperidine rings is 1. The van der Waals surface area contributed by atoms with E-state index in [1.54, 1.807) is 0 Å². The summed E-state index contributed by atoms with van der Waals surface area (Å²) in [4.78, 5) is 29.1. The molecule has 0 unspecified atom stereocenters. The molecule has 1 aliphatic heterocycles. The molecule has 2 N–H and O–H groups in total. The summed E-state index contributed by atoms with van der Waals surface area (Å²) in [5.41, 5.74) is 3.97. The van der Waals surface area contributed by atoms with Gasteiger partial charge in [-0.15, -0.1) is 0 Å². The van der Waals surface area contributed by atoms with E-state index < -0.39 is 0 Å². The summed E-state index contributed by atoms with van der Waals surface area (Å²) < 4.78 is 0. The van der Waals surface area contributed by atoms with E-state index in [0.717, 1.165) is 36.2 Å². The van der Waals surface area contributed by atoms with Crippen molar-refractivity contribution in [3.8, 4) is 0 Å². The van der Waals surface area contributed by atoms with Crippen molar-refractivity contribution in [1.29, 1.82) is 0 Å². The largest absolute Gasteiger partial charge is 0.378 e. The first kappa shape index (κ1) is 22.7. The number of nitrogens with zero attached hydrogens (tertiary/aromatic N) is 2. The molecule has 0 saturated carbocycles. The predicted molar refractivity (Wildman–Crippen MR) is 126 cm³/mol. The molecule has 0 aromatic heterocycles. The fourth-order valence-electron chi connectivity index (χ4n) is 3.90. The van der Waals surface area contributed by atoms with Crippen molar-refractivity contribution >= 4 is 17.6 Å². The highest BCUT2D eigenvalue weighted by Gasteiger charge is 2.25. The summed E-state index contributed by atoms with van der Waals surface area (Å²) in [6.07, 6.45) is 1.99. The Labute approximate surface area is 185 Å². The number of likely N-dealkylation sites (tertiary alicyclic amines) is 1. The van der Waals surface area contributed by atoms with Crippen LogP contribution in [0.1, 0.15) is 54.1 Å². The molecule has 166 valence electrons. The second kappa shape index (κ2) is 10.3. The highest BCUT2D eigenvalue weighted by molar-refractivity contribution is 5.94. The maximum atomic E-state index is 12.7. The van der Waals surface area contributed by atoms with Crippen LogP contribution >= 0.6 is 0 Å². The molecule has 0 aliphatic carbocycles. The van der Waals surface area contributed by atoms with Crippen LogP contribution in [0.2, 0.25) is 0 Å². The number of hydrogen-bond acceptors (Lipinski definition) is 3. The van der Waals surface area contributed by atoms with Crippen LogP contribution in [0.15, 0.2) is 48.5 Å². The summed E-state index contributed by atoms with van der Waals surface area (Å²) >= 11 is 0. The van der Waals surface area contributed by atoms with Gasteiger partial charge in [-0.2, -0.15) is 0 Å². The molecular weight excluding hydrogens is 388 g/mol. The van der Waals surface area contributed by atoms with Gasteiger partial charge in [-0.3, -0.25) is 4.79 Å². The Morgan fingerprint density at radius 2 is 1.87 bits per heavy atom. The zero-order valence-corrected chi connectivity index (χ0v) is 19.0. The zero-order valence-electron chi connectivity index (χ0n) is 19.0. The van der Waals surface area contributed by atoms with E-state index in [0.29, 0.717) is 18.7 Å². The van der Waals surface area contributed by atoms with Crippen LogP contribution in [0.3, 0.4) is 0 Å². The standard InChI is InChI=1S/C25H34N4O2/c1-18(2)27-25(31)29-14-6-9-22(17-29)20-7-5-8-21(15-20)24(30)26-16-19-10-12-23(13-11-19)28(3)4/h5,7-8,10-13,15,18,22H,6,9,14,16-17H2,1-4H3,(H,26,30)(H,27,31)/t22-/m1/s1. The number of amides is 3. The minimum Gasteiger partial charge on any atom is -0.378 e. The number of hydrogen-bond donors (Lipinski definition) is 2. The number of nitrogens with one attached hydrogen (secondary N) is 2. The SMILES string of the molecule is CC(C)NC(=O)N1CCC[C@@H](c2cccc(C(=O)NCc3ccc(N(C)C)cc3)c2)C1. The average Bonchev–Trinajstić information content (AvgIpc) is 2.77. The number of urea groups is 1. The lowest BCUT2D eigenvalue weighted by Gasteiger charge is -2.33. The van der Waals surface area contributed by atoms with E-state index >= 15 is 0 Å². The normalized spacial score (nSPS) is 16.2. The van der Waals surface area contributed by atoms with Crippen LogP contribution in [0.4, 0.5) is 10.5 Å². The van der Waals surface area contributed by atoms with Crippen LogP contribution in [-0.2, 0) is 6.54 Å². The molecule has 6 nitrogen and oxygen atoms in total. The molecule has 1 saturated heterocycles. The molecule has 2 aromatic carbocycles. The average molecular weight is 423 g/mol. The molecule has 2 aromatic rings. The molecule has 31 heavy (non-hydrogen) atoms. The molecule has 0 spiro atoms. The first-order valence-electron chi connectivity index (χ1n) is 11.0. The number of benzene rings is 2. The molecule has 1 heterocycles. The van der Waals surface area contributed by atoms with Gasteiger partial charge < -0.3 is 20.4 Å². The molecule has 3 amide bonds. The van der Waals surface area contributed by atoms with Crippen molar-refractivity contribution in [2.24, 2.45) is 0 Å². The van der Waals surface area contributed by atoms with Crippen molar-refractivity contribution in [1.82, 2.24) is 15.5 Å². The summed E-state index contributed by atoms with van der Waals surface area (Å²) in [7, 11) is 4.01. The number of carbonyl (C=O) groups excluding carboxylic acids is 2. The van der Waals surface area contributed by atoms with Crippen LogP contribution < -0.4 is 15.5 Å². The summed E-state index contributed by atoms with van der Waals surface area (Å²) in [6, 6.07) is 16.1. The molecule has 0 radical (unpaired) electrons. The molecule has 1 fully saturated rings. The second-order valence-electron chi connectivity index (χ2n) is 8.76. The van der Waals surface area contributed by atoms with Crippen molar-refractivity contribution in [3.63, 3.8) is 0 Å². The van der Waals surface area contributed by atoms with E-state index in [9.17, 15) is 9.59 Å². The quantitative estimate of drug-likeness (QED) is 0.740. The first-order valence-corrected chi connectivity index (χ1v) is 11.0. The Balaban J connectivity index is 1.61. The van der Waals surface area contributed by atoms with Crippen LogP contribution in [0, 0.1) is 0 Å². The van der Waals surface area contributed by atoms with Gasteiger partial charge in [0.25, 0.3) is 5.91 Å². The Hall–Kier alpha value is -3.02. The monoisotopic (exact) mass is 422 g/mol. The summed E-state index contributed by atoms with van der Waals surface area (Å²) in [5.74, 6) is 0.168. The molecule has 0 bridgehead atoms. The zero-order chi connectivity index (χ0) is 22.4. The Kier molecular flexibility index (Phi) is 7.55. The highest BCUT2D eigenvalue weighted by atomic mass is 16.2. The number of carbonyl (C=O) groups is 2. The van der Waals surface area contributed by atoms with Crippen molar-refractivity contribution < 1.29 is 9.59 Å². The maximum absolute atomic E-state index is 12.7. The predicted octanol–water partition coefficient (Wildman–Crippen LogP) is 3.98. The van der Waals surface area contributed by atoms with Gasteiger partial charge in [0.2, 0.25) is 0 Å². The van der Waals surface area contributed by atoms with Gasteiger partial charge in [0.05, 0.1) is 0 Å². The van der Waals surface area contributed by atoms with Crippen LogP contribution in [-0.4, -0.2) is 50.1 Å². The van der Waals surface area contributed by atoms with Crippen LogP contribution in [0.25, 0.3) is 0 Å². The third-order valence-corrected chi connectivity index (χ3v) is 5.65. The second-order valence-corrected chi connectivity index (χ2v) is 8.76. The van der Waals surface area contributed by atoms with Gasteiger partial charge in [0.15, 0.2) is 0 Å². The Morgan fingerprint density at radius 1 is 1.13 bits per heavy atom. The smallest absolute Gasteiger partial charge is 0.317 e. The number of anilines is 1. The third kappa shape index (κ3) is 6.23. The minimum absolute atomic E-state index is 0.00566. The lowest BCUT2D eigenvalue weighted by atomic mass is 9.89. The molecule has 1 aliphatic rings. The molecule has 3 rings (SSSR count). The highest BCUT2D eigenvalue weighted by Crippen LogP contribution is 2.27. The van der Waals surface area contributed by atoms with E-state index in [-0.39, 0.29) is 23.9 Å². The fourth-order valence-corrected chi connectivity index (χ4v) is 3.90. The van der Waals surface area contributed by atoms with Gasteiger partial charge in [-0.05, 0) is 62.1 Å². The Morgan fingerprint density at radius 3 is 2.55 bits per heavy atom. The lowest BCUT2D eigenvalue weighted by Crippen LogP contribution is -2.47. The fraction of sp³-hybridized carbons (Fsp3) is 0.440. The van der Waals surface area contributed by atoms with E-state index in [1.165, 1.54) is 0 Å². The molecular formula is C25H34N4O2. The van der Waals surface area contributed by atoms with Crippen molar-refractivity contribution in [3.05, 3.63) is 65.2 Å². The summed E-state index contributed by atoms with van der Waals surface area (Å²) in [5, 5.41) is 5.99. The van der Waals surface area contributed by atoms with Gasteiger partial charge >= 0.3 is 6.03 Å². The summed E-state index contributed by atoms with van der Waals surface area (Å²) in [6.45, 7) is 5.89. The van der Waals surface area contributed by atoms with E-state index in [4.69, 9.17) is 0 Å². The Bertz CT molecular complexity index is 893. The van der Waals surface area contributed by atoms with Crippen molar-refractivity contribution in [2.75, 3.05) is 32.1 Å². The molecule has 1 atom stereocenters. The third-order valence-electron chi connectivity index (χ3n) is 5.65. The van der Waals surface area contributed by atoms with E-state index in [2.05, 4.69) is 16.7 Å². The van der Waals surface area contributed by atoms with Crippen LogP contribution in [0.5, 0.6) is 0 Å². The topological polar surface area (TPSA) is 64.7 Å². The first-order chi connectivity index (χ1) is 14.8. The van der Waals surface area contributed by atoms with Gasteiger partial charge in [-0.1, -0.05) is 24.3 Å². The van der Waals surface area contributed by atoms with Gasteiger partial charge in [-0.25, -0.2) is 4.79 Å². The number of rotatable bonds is 6. The maximum Gasteiger partial charge on any atom is 0.317 e. The minimum atomic E-state index is -0.0799.